The van der Waals surface area contributed by atoms with E-state index in [9.17, 15) is 18.0 Å². The molecule has 0 aliphatic rings. The van der Waals surface area contributed by atoms with Crippen LogP contribution in [-0.2, 0) is 11.0 Å². The zero-order chi connectivity index (χ0) is 14.5. The third-order valence-corrected chi connectivity index (χ3v) is 2.74. The summed E-state index contributed by atoms with van der Waals surface area (Å²) in [4.78, 5) is 11.2. The molecular formula is C12H14BrF3N2O. The van der Waals surface area contributed by atoms with E-state index in [1.807, 2.05) is 0 Å². The van der Waals surface area contributed by atoms with Gasteiger partial charge in [-0.15, -0.1) is 0 Å². The Bertz CT molecular complexity index is 449. The van der Waals surface area contributed by atoms with Crippen LogP contribution in [0.5, 0.6) is 0 Å². The summed E-state index contributed by atoms with van der Waals surface area (Å²) in [6, 6.07) is 3.56. The van der Waals surface area contributed by atoms with Crippen molar-refractivity contribution in [3.8, 4) is 0 Å². The summed E-state index contributed by atoms with van der Waals surface area (Å²) in [7, 11) is 0. The Balaban J connectivity index is 2.64. The molecule has 3 nitrogen and oxygen atoms in total. The number of hydrogen-bond acceptors (Lipinski definition) is 2. The Morgan fingerprint density at radius 2 is 2.00 bits per heavy atom. The first-order chi connectivity index (χ1) is 8.82. The first-order valence-electron chi connectivity index (χ1n) is 5.71. The summed E-state index contributed by atoms with van der Waals surface area (Å²) in [5.74, 6) is -0.138. The molecule has 0 saturated heterocycles. The minimum atomic E-state index is -4.39. The van der Waals surface area contributed by atoms with Crippen molar-refractivity contribution in [2.45, 2.75) is 19.5 Å². The molecule has 0 unspecified atom stereocenters. The highest BCUT2D eigenvalue weighted by Gasteiger charge is 2.31. The molecule has 0 saturated carbocycles. The molecular weight excluding hydrogens is 325 g/mol. The zero-order valence-corrected chi connectivity index (χ0v) is 11.9. The number of carbonyl (C=O) groups excluding carboxylic acids is 1. The first kappa shape index (κ1) is 15.8. The third-order valence-electron chi connectivity index (χ3n) is 2.28. The molecule has 0 aliphatic carbocycles. The Morgan fingerprint density at radius 1 is 1.32 bits per heavy atom. The maximum Gasteiger partial charge on any atom is 0.416 e. The highest BCUT2D eigenvalue weighted by Crippen LogP contribution is 2.33. The van der Waals surface area contributed by atoms with Crippen molar-refractivity contribution in [3.63, 3.8) is 0 Å². The fourth-order valence-corrected chi connectivity index (χ4v) is 1.95. The summed E-state index contributed by atoms with van der Waals surface area (Å²) in [6.45, 7) is 2.61. The molecule has 106 valence electrons. The van der Waals surface area contributed by atoms with Crippen LogP contribution in [0.2, 0.25) is 0 Å². The van der Waals surface area contributed by atoms with Gasteiger partial charge in [0.05, 0.1) is 5.56 Å². The lowest BCUT2D eigenvalue weighted by molar-refractivity contribution is -0.137. The van der Waals surface area contributed by atoms with Crippen LogP contribution < -0.4 is 10.6 Å². The van der Waals surface area contributed by atoms with Crippen molar-refractivity contribution in [3.05, 3.63) is 28.2 Å². The van der Waals surface area contributed by atoms with E-state index in [1.165, 1.54) is 6.07 Å². The maximum atomic E-state index is 12.6. The van der Waals surface area contributed by atoms with Crippen LogP contribution in [0.1, 0.15) is 18.9 Å². The molecule has 0 radical (unpaired) electrons. The molecule has 1 aromatic rings. The summed E-state index contributed by atoms with van der Waals surface area (Å²) < 4.78 is 38.1. The number of hydrogen-bond donors (Lipinski definition) is 2. The van der Waals surface area contributed by atoms with E-state index in [-0.39, 0.29) is 18.9 Å². The third kappa shape index (κ3) is 5.50. The monoisotopic (exact) mass is 338 g/mol. The molecule has 0 bridgehead atoms. The fraction of sp³-hybridized carbons (Fsp3) is 0.417. The van der Waals surface area contributed by atoms with Gasteiger partial charge in [-0.25, -0.2) is 0 Å². The lowest BCUT2D eigenvalue weighted by atomic mass is 10.2. The van der Waals surface area contributed by atoms with Crippen molar-refractivity contribution in [1.29, 1.82) is 0 Å². The minimum Gasteiger partial charge on any atom is -0.384 e. The SMILES string of the molecule is CCNC(=O)CCNc1cc(Br)cc(C(F)(F)F)c1. The van der Waals surface area contributed by atoms with Gasteiger partial charge in [0.15, 0.2) is 0 Å². The lowest BCUT2D eigenvalue weighted by Gasteiger charge is -2.11. The van der Waals surface area contributed by atoms with Gasteiger partial charge in [-0.05, 0) is 25.1 Å². The summed E-state index contributed by atoms with van der Waals surface area (Å²) in [5.41, 5.74) is -0.409. The summed E-state index contributed by atoms with van der Waals surface area (Å²) in [5, 5.41) is 5.41. The van der Waals surface area contributed by atoms with Crippen LogP contribution in [0.25, 0.3) is 0 Å². The van der Waals surface area contributed by atoms with E-state index in [1.54, 1.807) is 6.92 Å². The smallest absolute Gasteiger partial charge is 0.384 e. The number of carbonyl (C=O) groups is 1. The van der Waals surface area contributed by atoms with Crippen LogP contribution in [0.15, 0.2) is 22.7 Å². The maximum absolute atomic E-state index is 12.6. The Morgan fingerprint density at radius 3 is 2.58 bits per heavy atom. The number of alkyl halides is 3. The standard InChI is InChI=1S/C12H14BrF3N2O/c1-2-17-11(19)3-4-18-10-6-8(12(14,15)16)5-9(13)7-10/h5-7,18H,2-4H2,1H3,(H,17,19). The highest BCUT2D eigenvalue weighted by molar-refractivity contribution is 9.10. The minimum absolute atomic E-state index is 0.138. The molecule has 1 amide bonds. The number of amides is 1. The van der Waals surface area contributed by atoms with Crippen LogP contribution in [-0.4, -0.2) is 19.0 Å². The molecule has 0 fully saturated rings. The van der Waals surface area contributed by atoms with Gasteiger partial charge >= 0.3 is 6.18 Å². The van der Waals surface area contributed by atoms with E-state index in [2.05, 4.69) is 26.6 Å². The predicted molar refractivity (Wildman–Crippen MR) is 70.9 cm³/mol. The first-order valence-corrected chi connectivity index (χ1v) is 6.50. The second kappa shape index (κ2) is 6.79. The topological polar surface area (TPSA) is 41.1 Å². The molecule has 1 rings (SSSR count). The van der Waals surface area contributed by atoms with Crippen LogP contribution in [0, 0.1) is 0 Å². The summed E-state index contributed by atoms with van der Waals surface area (Å²) >= 11 is 3.03. The molecule has 0 atom stereocenters. The zero-order valence-electron chi connectivity index (χ0n) is 10.3. The van der Waals surface area contributed by atoms with Crippen molar-refractivity contribution in [1.82, 2.24) is 5.32 Å². The van der Waals surface area contributed by atoms with Crippen molar-refractivity contribution >= 4 is 27.5 Å². The highest BCUT2D eigenvalue weighted by atomic mass is 79.9. The van der Waals surface area contributed by atoms with E-state index in [0.29, 0.717) is 16.7 Å². The molecule has 7 heteroatoms. The molecule has 0 spiro atoms. The van der Waals surface area contributed by atoms with E-state index in [4.69, 9.17) is 0 Å². The number of nitrogens with one attached hydrogen (secondary N) is 2. The van der Waals surface area contributed by atoms with Gasteiger partial charge in [-0.3, -0.25) is 4.79 Å². The fourth-order valence-electron chi connectivity index (χ4n) is 1.46. The Hall–Kier alpha value is -1.24. The number of benzene rings is 1. The van der Waals surface area contributed by atoms with E-state index in [0.717, 1.165) is 12.1 Å². The average molecular weight is 339 g/mol. The second-order valence-electron chi connectivity index (χ2n) is 3.86. The van der Waals surface area contributed by atoms with Gasteiger partial charge in [-0.1, -0.05) is 15.9 Å². The molecule has 2 N–H and O–H groups in total. The Kier molecular flexibility index (Phi) is 5.65. The van der Waals surface area contributed by atoms with Crippen molar-refractivity contribution in [2.24, 2.45) is 0 Å². The van der Waals surface area contributed by atoms with Gasteiger partial charge in [0.25, 0.3) is 0 Å². The largest absolute Gasteiger partial charge is 0.416 e. The van der Waals surface area contributed by atoms with Crippen molar-refractivity contribution < 1.29 is 18.0 Å². The number of anilines is 1. The molecule has 0 heterocycles. The number of halogens is 4. The molecule has 0 aliphatic heterocycles. The molecule has 0 aromatic heterocycles. The van der Waals surface area contributed by atoms with E-state index < -0.39 is 11.7 Å². The van der Waals surface area contributed by atoms with Crippen LogP contribution >= 0.6 is 15.9 Å². The summed E-state index contributed by atoms with van der Waals surface area (Å²) in [6.07, 6.45) is -4.18. The normalized spacial score (nSPS) is 11.2. The number of rotatable bonds is 5. The average Bonchev–Trinajstić information content (AvgIpc) is 2.27. The lowest BCUT2D eigenvalue weighted by Crippen LogP contribution is -2.24. The second-order valence-corrected chi connectivity index (χ2v) is 4.77. The predicted octanol–water partition coefficient (Wildman–Crippen LogP) is 3.41. The van der Waals surface area contributed by atoms with Gasteiger partial charge < -0.3 is 10.6 Å². The quantitative estimate of drug-likeness (QED) is 0.863. The Labute approximate surface area is 117 Å². The van der Waals surface area contributed by atoms with Gasteiger partial charge in [0.1, 0.15) is 0 Å². The molecule has 19 heavy (non-hydrogen) atoms. The van der Waals surface area contributed by atoms with Crippen LogP contribution in [0.3, 0.4) is 0 Å². The van der Waals surface area contributed by atoms with Crippen molar-refractivity contribution in [2.75, 3.05) is 18.4 Å². The van der Waals surface area contributed by atoms with Crippen LogP contribution in [0.4, 0.5) is 18.9 Å². The van der Waals surface area contributed by atoms with Gasteiger partial charge in [0, 0.05) is 29.7 Å². The molecule has 1 aromatic carbocycles. The van der Waals surface area contributed by atoms with Gasteiger partial charge in [0.2, 0.25) is 5.91 Å². The van der Waals surface area contributed by atoms with E-state index >= 15 is 0 Å². The van der Waals surface area contributed by atoms with Gasteiger partial charge in [-0.2, -0.15) is 13.2 Å².